The molecule has 0 aromatic carbocycles. The van der Waals surface area contributed by atoms with Crippen LogP contribution in [0.4, 0.5) is 5.82 Å². The van der Waals surface area contributed by atoms with Crippen LogP contribution in [-0.2, 0) is 0 Å². The van der Waals surface area contributed by atoms with E-state index >= 15 is 0 Å². The summed E-state index contributed by atoms with van der Waals surface area (Å²) in [7, 11) is 4.16. The fraction of sp³-hybridized carbons (Fsp3) is 0.583. The highest BCUT2D eigenvalue weighted by Gasteiger charge is 2.12. The van der Waals surface area contributed by atoms with Gasteiger partial charge in [-0.05, 0) is 34.0 Å². The molecule has 0 N–H and O–H groups in total. The van der Waals surface area contributed by atoms with E-state index in [9.17, 15) is 0 Å². The van der Waals surface area contributed by atoms with Gasteiger partial charge in [0.05, 0.1) is 0 Å². The predicted molar refractivity (Wildman–Crippen MR) is 76.9 cm³/mol. The van der Waals surface area contributed by atoms with Crippen molar-refractivity contribution >= 4 is 23.2 Å². The van der Waals surface area contributed by atoms with Gasteiger partial charge in [-0.2, -0.15) is 19.6 Å². The van der Waals surface area contributed by atoms with E-state index in [-0.39, 0.29) is 0 Å². The molecule has 0 aliphatic rings. The molecule has 104 valence electrons. The third-order valence-electron chi connectivity index (χ3n) is 2.94. The second-order valence-electron chi connectivity index (χ2n) is 4.65. The molecule has 0 radical (unpaired) electrons. The average molecular weight is 283 g/mol. The maximum atomic E-state index is 6.04. The van der Waals surface area contributed by atoms with Crippen LogP contribution < -0.4 is 4.90 Å². The Morgan fingerprint density at radius 2 is 2.11 bits per heavy atom. The highest BCUT2D eigenvalue weighted by Crippen LogP contribution is 2.19. The van der Waals surface area contributed by atoms with Crippen LogP contribution in [0.1, 0.15) is 13.3 Å². The maximum Gasteiger partial charge on any atom is 0.255 e. The molecular formula is C12H19ClN6. The molecule has 6 nitrogen and oxygen atoms in total. The molecule has 0 aliphatic heterocycles. The van der Waals surface area contributed by atoms with Crippen molar-refractivity contribution < 1.29 is 0 Å². The first-order valence-corrected chi connectivity index (χ1v) is 6.75. The largest absolute Gasteiger partial charge is 0.357 e. The zero-order valence-corrected chi connectivity index (χ0v) is 12.3. The smallest absolute Gasteiger partial charge is 0.255 e. The number of nitrogens with zero attached hydrogens (tertiary/aromatic N) is 6. The molecule has 0 saturated carbocycles. The van der Waals surface area contributed by atoms with Crippen molar-refractivity contribution in [2.75, 3.05) is 38.6 Å². The lowest BCUT2D eigenvalue weighted by Crippen LogP contribution is -2.29. The number of hydrogen-bond donors (Lipinski definition) is 0. The van der Waals surface area contributed by atoms with E-state index in [2.05, 4.69) is 45.9 Å². The van der Waals surface area contributed by atoms with Gasteiger partial charge in [0.15, 0.2) is 0 Å². The summed E-state index contributed by atoms with van der Waals surface area (Å²) in [4.78, 5) is 12.6. The van der Waals surface area contributed by atoms with Crippen molar-refractivity contribution in [2.45, 2.75) is 13.3 Å². The molecule has 0 spiro atoms. The van der Waals surface area contributed by atoms with E-state index in [0.29, 0.717) is 10.9 Å². The highest BCUT2D eigenvalue weighted by atomic mass is 35.5. The van der Waals surface area contributed by atoms with Gasteiger partial charge in [0.2, 0.25) is 0 Å². The molecule has 2 heterocycles. The summed E-state index contributed by atoms with van der Waals surface area (Å²) in [5.41, 5.74) is 0. The van der Waals surface area contributed by atoms with Crippen LogP contribution in [0.25, 0.3) is 5.78 Å². The molecule has 2 aromatic rings. The first kappa shape index (κ1) is 14.0. The van der Waals surface area contributed by atoms with E-state index in [4.69, 9.17) is 11.6 Å². The quantitative estimate of drug-likeness (QED) is 0.753. The molecule has 2 aromatic heterocycles. The second kappa shape index (κ2) is 6.16. The Hall–Kier alpha value is -1.40. The first-order chi connectivity index (χ1) is 9.11. The summed E-state index contributed by atoms with van der Waals surface area (Å²) in [5, 5.41) is 4.65. The van der Waals surface area contributed by atoms with Crippen LogP contribution in [0.15, 0.2) is 12.4 Å². The van der Waals surface area contributed by atoms with Gasteiger partial charge in [-0.15, -0.1) is 0 Å². The zero-order chi connectivity index (χ0) is 13.8. The van der Waals surface area contributed by atoms with Crippen molar-refractivity contribution in [3.63, 3.8) is 0 Å². The number of aromatic nitrogens is 4. The van der Waals surface area contributed by atoms with Gasteiger partial charge < -0.3 is 9.80 Å². The molecule has 0 atom stereocenters. The van der Waals surface area contributed by atoms with Gasteiger partial charge in [0, 0.05) is 19.2 Å². The van der Waals surface area contributed by atoms with E-state index in [1.54, 1.807) is 4.52 Å². The van der Waals surface area contributed by atoms with Gasteiger partial charge in [0.25, 0.3) is 5.78 Å². The SMILES string of the molecule is CCN(CCCN(C)C)c1cc(Cl)nc2ncnn12. The summed E-state index contributed by atoms with van der Waals surface area (Å²) in [6.07, 6.45) is 2.58. The molecule has 0 aliphatic carbocycles. The number of rotatable bonds is 6. The summed E-state index contributed by atoms with van der Waals surface area (Å²) < 4.78 is 1.73. The monoisotopic (exact) mass is 282 g/mol. The topological polar surface area (TPSA) is 49.6 Å². The van der Waals surface area contributed by atoms with Crippen LogP contribution in [0.3, 0.4) is 0 Å². The molecule has 0 saturated heterocycles. The number of fused-ring (bicyclic) bond motifs is 1. The molecule has 0 unspecified atom stereocenters. The number of hydrogen-bond acceptors (Lipinski definition) is 5. The predicted octanol–water partition coefficient (Wildman–Crippen LogP) is 1.56. The third-order valence-corrected chi connectivity index (χ3v) is 3.13. The lowest BCUT2D eigenvalue weighted by molar-refractivity contribution is 0.400. The number of halogens is 1. The molecular weight excluding hydrogens is 264 g/mol. The molecule has 0 amide bonds. The molecule has 7 heteroatoms. The second-order valence-corrected chi connectivity index (χ2v) is 5.03. The molecule has 0 bridgehead atoms. The Kier molecular flexibility index (Phi) is 4.55. The number of anilines is 1. The van der Waals surface area contributed by atoms with Gasteiger partial charge in [0.1, 0.15) is 17.3 Å². The van der Waals surface area contributed by atoms with Crippen LogP contribution in [0.5, 0.6) is 0 Å². The molecule has 19 heavy (non-hydrogen) atoms. The zero-order valence-electron chi connectivity index (χ0n) is 11.5. The Labute approximate surface area is 118 Å². The van der Waals surface area contributed by atoms with Crippen molar-refractivity contribution in [1.29, 1.82) is 0 Å². The summed E-state index contributed by atoms with van der Waals surface area (Å²) in [6.45, 7) is 5.01. The van der Waals surface area contributed by atoms with Gasteiger partial charge in [-0.1, -0.05) is 11.6 Å². The van der Waals surface area contributed by atoms with Crippen LogP contribution in [0, 0.1) is 0 Å². The summed E-state index contributed by atoms with van der Waals surface area (Å²) in [5.74, 6) is 1.47. The normalized spacial score (nSPS) is 11.4. The lowest BCUT2D eigenvalue weighted by atomic mass is 10.3. The fourth-order valence-corrected chi connectivity index (χ4v) is 2.18. The Bertz CT molecular complexity index is 538. The van der Waals surface area contributed by atoms with Gasteiger partial charge in [-0.25, -0.2) is 0 Å². The minimum Gasteiger partial charge on any atom is -0.357 e. The maximum absolute atomic E-state index is 6.04. The Morgan fingerprint density at radius 1 is 1.32 bits per heavy atom. The van der Waals surface area contributed by atoms with E-state index in [1.807, 2.05) is 6.07 Å². The van der Waals surface area contributed by atoms with Crippen molar-refractivity contribution in [3.05, 3.63) is 17.5 Å². The minimum absolute atomic E-state index is 0.446. The van der Waals surface area contributed by atoms with E-state index < -0.39 is 0 Å². The van der Waals surface area contributed by atoms with E-state index in [0.717, 1.165) is 31.9 Å². The lowest BCUT2D eigenvalue weighted by Gasteiger charge is -2.24. The minimum atomic E-state index is 0.446. The van der Waals surface area contributed by atoms with Gasteiger partial charge in [-0.3, -0.25) is 0 Å². The third kappa shape index (κ3) is 3.33. The van der Waals surface area contributed by atoms with E-state index in [1.165, 1.54) is 6.33 Å². The summed E-state index contributed by atoms with van der Waals surface area (Å²) in [6, 6.07) is 1.84. The van der Waals surface area contributed by atoms with Crippen molar-refractivity contribution in [3.8, 4) is 0 Å². The van der Waals surface area contributed by atoms with Crippen LogP contribution in [-0.4, -0.2) is 58.2 Å². The first-order valence-electron chi connectivity index (χ1n) is 6.37. The van der Waals surface area contributed by atoms with Crippen LogP contribution in [0.2, 0.25) is 5.15 Å². The summed E-state index contributed by atoms with van der Waals surface area (Å²) >= 11 is 6.04. The Morgan fingerprint density at radius 3 is 2.79 bits per heavy atom. The molecule has 0 fully saturated rings. The fourth-order valence-electron chi connectivity index (χ4n) is 2.01. The van der Waals surface area contributed by atoms with Gasteiger partial charge >= 0.3 is 0 Å². The van der Waals surface area contributed by atoms with Crippen molar-refractivity contribution in [2.24, 2.45) is 0 Å². The highest BCUT2D eigenvalue weighted by molar-refractivity contribution is 6.29. The average Bonchev–Trinajstić information content (AvgIpc) is 2.81. The Balaban J connectivity index is 2.22. The molecule has 2 rings (SSSR count). The van der Waals surface area contributed by atoms with Crippen molar-refractivity contribution in [1.82, 2.24) is 24.5 Å². The van der Waals surface area contributed by atoms with Crippen LogP contribution >= 0.6 is 11.6 Å². The standard InChI is InChI=1S/C12H19ClN6/c1-4-18(7-5-6-17(2)3)11-8-10(13)16-12-14-9-15-19(11)12/h8-9H,4-7H2,1-3H3.